The van der Waals surface area contributed by atoms with Gasteiger partial charge in [-0.1, -0.05) is 25.1 Å². The largest absolute Gasteiger partial charge is 0.306 e. The number of hydrogen-bond acceptors (Lipinski definition) is 4. The van der Waals surface area contributed by atoms with Gasteiger partial charge in [0.05, 0.1) is 17.1 Å². The van der Waals surface area contributed by atoms with Gasteiger partial charge in [0, 0.05) is 29.8 Å². The molecule has 0 aliphatic rings. The van der Waals surface area contributed by atoms with Gasteiger partial charge in [-0.3, -0.25) is 15.0 Å². The SMILES string of the molecule is CCNC(c1ccc(C)nc1)c1cccc2nccnc12. The fourth-order valence-electron chi connectivity index (χ4n) is 2.51. The maximum Gasteiger partial charge on any atom is 0.0937 e. The van der Waals surface area contributed by atoms with Crippen LogP contribution in [0.25, 0.3) is 11.0 Å². The van der Waals surface area contributed by atoms with Crippen molar-refractivity contribution in [1.82, 2.24) is 20.3 Å². The molecule has 0 saturated carbocycles. The van der Waals surface area contributed by atoms with Crippen LogP contribution in [0.4, 0.5) is 0 Å². The Morgan fingerprint density at radius 1 is 1.05 bits per heavy atom. The highest BCUT2D eigenvalue weighted by Gasteiger charge is 2.16. The van der Waals surface area contributed by atoms with E-state index >= 15 is 0 Å². The number of benzene rings is 1. The van der Waals surface area contributed by atoms with Crippen LogP contribution in [0, 0.1) is 6.92 Å². The predicted octanol–water partition coefficient (Wildman–Crippen LogP) is 3.03. The summed E-state index contributed by atoms with van der Waals surface area (Å²) in [5.74, 6) is 0. The fourth-order valence-corrected chi connectivity index (χ4v) is 2.51. The normalized spacial score (nSPS) is 12.5. The molecule has 1 N–H and O–H groups in total. The summed E-state index contributed by atoms with van der Waals surface area (Å²) in [6, 6.07) is 10.3. The summed E-state index contributed by atoms with van der Waals surface area (Å²) >= 11 is 0. The Bertz CT molecular complexity index is 732. The van der Waals surface area contributed by atoms with Gasteiger partial charge < -0.3 is 5.32 Å². The average molecular weight is 278 g/mol. The zero-order chi connectivity index (χ0) is 14.7. The lowest BCUT2D eigenvalue weighted by Gasteiger charge is -2.19. The molecule has 3 aromatic rings. The monoisotopic (exact) mass is 278 g/mol. The molecule has 1 aromatic carbocycles. The zero-order valence-electron chi connectivity index (χ0n) is 12.2. The maximum absolute atomic E-state index is 4.50. The molecule has 3 rings (SSSR count). The molecule has 2 heterocycles. The van der Waals surface area contributed by atoms with Crippen molar-refractivity contribution in [1.29, 1.82) is 0 Å². The number of para-hydroxylation sites is 1. The molecule has 0 aliphatic heterocycles. The molecule has 1 unspecified atom stereocenters. The number of fused-ring (bicyclic) bond motifs is 1. The number of hydrogen-bond donors (Lipinski definition) is 1. The van der Waals surface area contributed by atoms with Crippen molar-refractivity contribution in [2.75, 3.05) is 6.54 Å². The second-order valence-corrected chi connectivity index (χ2v) is 4.99. The Balaban J connectivity index is 2.13. The van der Waals surface area contributed by atoms with Gasteiger partial charge in [0.15, 0.2) is 0 Å². The van der Waals surface area contributed by atoms with Crippen LogP contribution in [0.15, 0.2) is 48.9 Å². The quantitative estimate of drug-likeness (QED) is 0.797. The lowest BCUT2D eigenvalue weighted by molar-refractivity contribution is 0.631. The van der Waals surface area contributed by atoms with Gasteiger partial charge in [-0.15, -0.1) is 0 Å². The Kier molecular flexibility index (Phi) is 3.88. The van der Waals surface area contributed by atoms with E-state index in [4.69, 9.17) is 0 Å². The van der Waals surface area contributed by atoms with Crippen molar-refractivity contribution >= 4 is 11.0 Å². The number of nitrogens with one attached hydrogen (secondary N) is 1. The van der Waals surface area contributed by atoms with E-state index in [1.54, 1.807) is 12.4 Å². The van der Waals surface area contributed by atoms with E-state index in [0.29, 0.717) is 0 Å². The lowest BCUT2D eigenvalue weighted by atomic mass is 9.98. The highest BCUT2D eigenvalue weighted by molar-refractivity contribution is 5.78. The predicted molar refractivity (Wildman–Crippen MR) is 84.0 cm³/mol. The summed E-state index contributed by atoms with van der Waals surface area (Å²) in [7, 11) is 0. The van der Waals surface area contributed by atoms with E-state index in [-0.39, 0.29) is 6.04 Å². The molecule has 2 aromatic heterocycles. The van der Waals surface area contributed by atoms with E-state index in [2.05, 4.69) is 39.3 Å². The third-order valence-corrected chi connectivity index (χ3v) is 3.52. The minimum atomic E-state index is 0.0727. The Morgan fingerprint density at radius 3 is 2.67 bits per heavy atom. The van der Waals surface area contributed by atoms with Crippen molar-refractivity contribution in [2.24, 2.45) is 0 Å². The maximum atomic E-state index is 4.50. The minimum absolute atomic E-state index is 0.0727. The van der Waals surface area contributed by atoms with Gasteiger partial charge in [0.1, 0.15) is 0 Å². The van der Waals surface area contributed by atoms with Crippen LogP contribution in [0.3, 0.4) is 0 Å². The lowest BCUT2D eigenvalue weighted by Crippen LogP contribution is -2.22. The van der Waals surface area contributed by atoms with Crippen molar-refractivity contribution in [3.05, 3.63) is 65.7 Å². The molecule has 4 nitrogen and oxygen atoms in total. The van der Waals surface area contributed by atoms with Gasteiger partial charge in [-0.2, -0.15) is 0 Å². The smallest absolute Gasteiger partial charge is 0.0937 e. The first-order valence-corrected chi connectivity index (χ1v) is 7.15. The van der Waals surface area contributed by atoms with Gasteiger partial charge in [0.25, 0.3) is 0 Å². The van der Waals surface area contributed by atoms with Crippen molar-refractivity contribution < 1.29 is 0 Å². The first-order chi connectivity index (χ1) is 10.3. The molecule has 0 fully saturated rings. The van der Waals surface area contributed by atoms with Gasteiger partial charge in [-0.05, 0) is 31.2 Å². The zero-order valence-corrected chi connectivity index (χ0v) is 12.2. The fraction of sp³-hybridized carbons (Fsp3) is 0.235. The van der Waals surface area contributed by atoms with Crippen LogP contribution in [-0.4, -0.2) is 21.5 Å². The topological polar surface area (TPSA) is 50.7 Å². The standard InChI is InChI=1S/C17H18N4/c1-3-18-16(13-8-7-12(2)21-11-13)14-5-4-6-15-17(14)20-10-9-19-15/h4-11,16,18H,3H2,1-2H3. The molecule has 0 amide bonds. The Hall–Kier alpha value is -2.33. The molecule has 21 heavy (non-hydrogen) atoms. The summed E-state index contributed by atoms with van der Waals surface area (Å²) in [6.07, 6.45) is 5.39. The van der Waals surface area contributed by atoms with Crippen molar-refractivity contribution in [3.8, 4) is 0 Å². The first-order valence-electron chi connectivity index (χ1n) is 7.15. The molecule has 106 valence electrons. The van der Waals surface area contributed by atoms with E-state index in [0.717, 1.165) is 34.4 Å². The van der Waals surface area contributed by atoms with Crippen LogP contribution in [-0.2, 0) is 0 Å². The van der Waals surface area contributed by atoms with Gasteiger partial charge in [0.2, 0.25) is 0 Å². The van der Waals surface area contributed by atoms with Crippen molar-refractivity contribution in [3.63, 3.8) is 0 Å². The third kappa shape index (κ3) is 2.76. The third-order valence-electron chi connectivity index (χ3n) is 3.52. The number of pyridine rings is 1. The van der Waals surface area contributed by atoms with E-state index in [1.807, 2.05) is 31.3 Å². The van der Waals surface area contributed by atoms with E-state index in [9.17, 15) is 0 Å². The summed E-state index contributed by atoms with van der Waals surface area (Å²) in [6.45, 7) is 4.97. The highest BCUT2D eigenvalue weighted by atomic mass is 14.9. The average Bonchev–Trinajstić information content (AvgIpc) is 2.53. The second kappa shape index (κ2) is 5.97. The van der Waals surface area contributed by atoms with Crippen LogP contribution in [0.5, 0.6) is 0 Å². The molecule has 4 heteroatoms. The van der Waals surface area contributed by atoms with Crippen LogP contribution in [0.2, 0.25) is 0 Å². The number of aryl methyl sites for hydroxylation is 1. The molecule has 0 spiro atoms. The molecule has 0 aliphatic carbocycles. The van der Waals surface area contributed by atoms with Crippen LogP contribution in [0.1, 0.15) is 29.8 Å². The molecule has 0 bridgehead atoms. The van der Waals surface area contributed by atoms with E-state index in [1.165, 1.54) is 0 Å². The van der Waals surface area contributed by atoms with Gasteiger partial charge in [-0.25, -0.2) is 0 Å². The minimum Gasteiger partial charge on any atom is -0.306 e. The Morgan fingerprint density at radius 2 is 1.90 bits per heavy atom. The van der Waals surface area contributed by atoms with Crippen molar-refractivity contribution in [2.45, 2.75) is 19.9 Å². The van der Waals surface area contributed by atoms with Crippen LogP contribution < -0.4 is 5.32 Å². The van der Waals surface area contributed by atoms with Gasteiger partial charge >= 0.3 is 0 Å². The summed E-state index contributed by atoms with van der Waals surface area (Å²) < 4.78 is 0. The first kappa shape index (κ1) is 13.6. The summed E-state index contributed by atoms with van der Waals surface area (Å²) in [4.78, 5) is 13.3. The highest BCUT2D eigenvalue weighted by Crippen LogP contribution is 2.26. The number of nitrogens with zero attached hydrogens (tertiary/aromatic N) is 3. The molecule has 0 saturated heterocycles. The molecule has 0 radical (unpaired) electrons. The summed E-state index contributed by atoms with van der Waals surface area (Å²) in [5.41, 5.74) is 5.14. The Labute approximate surface area is 124 Å². The number of rotatable bonds is 4. The van der Waals surface area contributed by atoms with Crippen LogP contribution >= 0.6 is 0 Å². The van der Waals surface area contributed by atoms with E-state index < -0.39 is 0 Å². The summed E-state index contributed by atoms with van der Waals surface area (Å²) in [5, 5.41) is 3.52. The molecule has 1 atom stereocenters. The molecular weight excluding hydrogens is 260 g/mol. The second-order valence-electron chi connectivity index (χ2n) is 4.99. The molecular formula is C17H18N4. The number of aromatic nitrogens is 3.